The van der Waals surface area contributed by atoms with Gasteiger partial charge in [0.15, 0.2) is 0 Å². The van der Waals surface area contributed by atoms with Crippen LogP contribution in [0.4, 0.5) is 5.69 Å². The molecule has 0 bridgehead atoms. The molecule has 0 unspecified atom stereocenters. The SMILES string of the molecule is CCOC(=O)C1CCN(C(=O)CN(c2ccc(OC)cc2OC)S(=O)(=O)c2ccccc2)CC1. The summed E-state index contributed by atoms with van der Waals surface area (Å²) in [5, 5.41) is 0. The molecule has 10 heteroatoms. The number of ether oxygens (including phenoxy) is 3. The molecule has 0 spiro atoms. The Morgan fingerprint density at radius 2 is 1.71 bits per heavy atom. The molecule has 1 saturated heterocycles. The lowest BCUT2D eigenvalue weighted by atomic mass is 9.97. The highest BCUT2D eigenvalue weighted by atomic mass is 32.2. The van der Waals surface area contributed by atoms with Crippen molar-refractivity contribution < 1.29 is 32.2 Å². The first-order chi connectivity index (χ1) is 16.3. The second-order valence-corrected chi connectivity index (χ2v) is 9.63. The van der Waals surface area contributed by atoms with Crippen molar-refractivity contribution in [1.29, 1.82) is 0 Å². The molecule has 0 radical (unpaired) electrons. The van der Waals surface area contributed by atoms with E-state index in [1.807, 2.05) is 0 Å². The van der Waals surface area contributed by atoms with Gasteiger partial charge in [-0.05, 0) is 44.0 Å². The van der Waals surface area contributed by atoms with E-state index in [1.54, 1.807) is 48.2 Å². The van der Waals surface area contributed by atoms with Crippen molar-refractivity contribution >= 4 is 27.6 Å². The monoisotopic (exact) mass is 490 g/mol. The highest BCUT2D eigenvalue weighted by Crippen LogP contribution is 2.35. The fourth-order valence-electron chi connectivity index (χ4n) is 3.86. The van der Waals surface area contributed by atoms with Gasteiger partial charge in [0.05, 0.1) is 37.3 Å². The average molecular weight is 491 g/mol. The Hall–Kier alpha value is -3.27. The van der Waals surface area contributed by atoms with Gasteiger partial charge in [-0.1, -0.05) is 18.2 Å². The molecule has 3 rings (SSSR count). The zero-order valence-electron chi connectivity index (χ0n) is 19.6. The van der Waals surface area contributed by atoms with Gasteiger partial charge < -0.3 is 19.1 Å². The summed E-state index contributed by atoms with van der Waals surface area (Å²) in [4.78, 5) is 26.9. The largest absolute Gasteiger partial charge is 0.497 e. The standard InChI is InChI=1S/C24H30N2O7S/c1-4-33-24(28)18-12-14-25(15-13-18)23(27)17-26(34(29,30)20-8-6-5-7-9-20)21-11-10-19(31-2)16-22(21)32-3/h5-11,16,18H,4,12-15,17H2,1-3H3. The first-order valence-corrected chi connectivity index (χ1v) is 12.5. The van der Waals surface area contributed by atoms with Gasteiger partial charge in [-0.2, -0.15) is 0 Å². The second kappa shape index (κ2) is 11.2. The third-order valence-corrected chi connectivity index (χ3v) is 7.51. The summed E-state index contributed by atoms with van der Waals surface area (Å²) >= 11 is 0. The van der Waals surface area contributed by atoms with Crippen LogP contribution in [0.1, 0.15) is 19.8 Å². The molecule has 2 aromatic rings. The lowest BCUT2D eigenvalue weighted by molar-refractivity contribution is -0.151. The lowest BCUT2D eigenvalue weighted by Gasteiger charge is -2.33. The number of piperidine rings is 1. The molecule has 1 heterocycles. The zero-order chi connectivity index (χ0) is 24.7. The van der Waals surface area contributed by atoms with E-state index in [-0.39, 0.29) is 34.1 Å². The first-order valence-electron chi connectivity index (χ1n) is 11.1. The Balaban J connectivity index is 1.89. The molecule has 1 aliphatic rings. The molecule has 0 N–H and O–H groups in total. The maximum atomic E-state index is 13.6. The van der Waals surface area contributed by atoms with Crippen molar-refractivity contribution in [3.63, 3.8) is 0 Å². The zero-order valence-corrected chi connectivity index (χ0v) is 20.4. The molecule has 34 heavy (non-hydrogen) atoms. The number of hydrogen-bond donors (Lipinski definition) is 0. The minimum atomic E-state index is -4.08. The highest BCUT2D eigenvalue weighted by molar-refractivity contribution is 7.92. The Morgan fingerprint density at radius 1 is 1.03 bits per heavy atom. The minimum Gasteiger partial charge on any atom is -0.497 e. The predicted molar refractivity (Wildman–Crippen MR) is 126 cm³/mol. The molecular weight excluding hydrogens is 460 g/mol. The number of rotatable bonds is 9. The number of carbonyl (C=O) groups excluding carboxylic acids is 2. The Morgan fingerprint density at radius 3 is 2.29 bits per heavy atom. The Labute approximate surface area is 200 Å². The third kappa shape index (κ3) is 5.61. The first kappa shape index (κ1) is 25.4. The molecule has 1 fully saturated rings. The number of carbonyl (C=O) groups is 2. The van der Waals surface area contributed by atoms with Gasteiger partial charge in [-0.3, -0.25) is 13.9 Å². The minimum absolute atomic E-state index is 0.0571. The number of sulfonamides is 1. The summed E-state index contributed by atoms with van der Waals surface area (Å²) < 4.78 is 44.0. The van der Waals surface area contributed by atoms with E-state index in [1.165, 1.54) is 26.4 Å². The van der Waals surface area contributed by atoms with Crippen LogP contribution in [-0.2, 0) is 24.3 Å². The van der Waals surface area contributed by atoms with Gasteiger partial charge in [0.1, 0.15) is 18.0 Å². The normalized spacial score (nSPS) is 14.4. The number of hydrogen-bond acceptors (Lipinski definition) is 7. The van der Waals surface area contributed by atoms with Crippen LogP contribution in [0.15, 0.2) is 53.4 Å². The van der Waals surface area contributed by atoms with Gasteiger partial charge >= 0.3 is 5.97 Å². The van der Waals surface area contributed by atoms with E-state index < -0.39 is 16.6 Å². The lowest BCUT2D eigenvalue weighted by Crippen LogP contribution is -2.46. The summed E-state index contributed by atoms with van der Waals surface area (Å²) in [6.45, 7) is 2.35. The maximum absolute atomic E-state index is 13.6. The van der Waals surface area contributed by atoms with Crippen LogP contribution < -0.4 is 13.8 Å². The number of nitrogens with zero attached hydrogens (tertiary/aromatic N) is 2. The van der Waals surface area contributed by atoms with Crippen LogP contribution in [0.5, 0.6) is 11.5 Å². The fourth-order valence-corrected chi connectivity index (χ4v) is 5.30. The Bertz CT molecular complexity index is 1100. The molecule has 0 saturated carbocycles. The van der Waals surface area contributed by atoms with Crippen molar-refractivity contribution in [2.75, 3.05) is 44.8 Å². The number of amides is 1. The molecule has 1 amide bonds. The Kier molecular flexibility index (Phi) is 8.38. The number of methoxy groups -OCH3 is 2. The van der Waals surface area contributed by atoms with Crippen molar-refractivity contribution in [2.24, 2.45) is 5.92 Å². The van der Waals surface area contributed by atoms with Crippen LogP contribution >= 0.6 is 0 Å². The second-order valence-electron chi connectivity index (χ2n) is 7.77. The summed E-state index contributed by atoms with van der Waals surface area (Å²) in [5.41, 5.74) is 0.224. The molecular formula is C24H30N2O7S. The predicted octanol–water partition coefficient (Wildman–Crippen LogP) is 2.70. The van der Waals surface area contributed by atoms with Crippen molar-refractivity contribution in [2.45, 2.75) is 24.7 Å². The van der Waals surface area contributed by atoms with Crippen molar-refractivity contribution in [3.05, 3.63) is 48.5 Å². The molecule has 1 aliphatic heterocycles. The summed E-state index contributed by atoms with van der Waals surface area (Å²) in [7, 11) is -1.16. The van der Waals surface area contributed by atoms with E-state index in [0.717, 1.165) is 4.31 Å². The number of esters is 1. The maximum Gasteiger partial charge on any atom is 0.309 e. The van der Waals surface area contributed by atoms with Crippen molar-refractivity contribution in [1.82, 2.24) is 4.90 Å². The van der Waals surface area contributed by atoms with Crippen LogP contribution in [-0.4, -0.2) is 65.7 Å². The fraction of sp³-hybridized carbons (Fsp3) is 0.417. The molecule has 0 aliphatic carbocycles. The molecule has 0 aromatic heterocycles. The van der Waals surface area contributed by atoms with Gasteiger partial charge in [-0.25, -0.2) is 8.42 Å². The topological polar surface area (TPSA) is 102 Å². The molecule has 184 valence electrons. The molecule has 2 aromatic carbocycles. The van der Waals surface area contributed by atoms with E-state index in [2.05, 4.69) is 0 Å². The quantitative estimate of drug-likeness (QED) is 0.498. The smallest absolute Gasteiger partial charge is 0.309 e. The van der Waals surface area contributed by atoms with E-state index >= 15 is 0 Å². The van der Waals surface area contributed by atoms with Crippen LogP contribution in [0.2, 0.25) is 0 Å². The van der Waals surface area contributed by atoms with Gasteiger partial charge in [0, 0.05) is 19.2 Å². The number of benzene rings is 2. The van der Waals surface area contributed by atoms with Crippen LogP contribution in [0, 0.1) is 5.92 Å². The van der Waals surface area contributed by atoms with E-state index in [9.17, 15) is 18.0 Å². The highest BCUT2D eigenvalue weighted by Gasteiger charge is 2.33. The van der Waals surface area contributed by atoms with E-state index in [4.69, 9.17) is 14.2 Å². The van der Waals surface area contributed by atoms with E-state index in [0.29, 0.717) is 38.3 Å². The summed E-state index contributed by atoms with van der Waals surface area (Å²) in [5.74, 6) is -0.127. The van der Waals surface area contributed by atoms with Crippen LogP contribution in [0.3, 0.4) is 0 Å². The number of anilines is 1. The van der Waals surface area contributed by atoms with Crippen LogP contribution in [0.25, 0.3) is 0 Å². The van der Waals surface area contributed by atoms with Crippen molar-refractivity contribution in [3.8, 4) is 11.5 Å². The summed E-state index contributed by atoms with van der Waals surface area (Å²) in [6, 6.07) is 12.7. The molecule has 0 atom stereocenters. The molecule has 9 nitrogen and oxygen atoms in total. The summed E-state index contributed by atoms with van der Waals surface area (Å²) in [6.07, 6.45) is 0.948. The van der Waals surface area contributed by atoms with Gasteiger partial charge in [0.2, 0.25) is 5.91 Å². The number of likely N-dealkylation sites (tertiary alicyclic amines) is 1. The van der Waals surface area contributed by atoms with Gasteiger partial charge in [0.25, 0.3) is 10.0 Å². The average Bonchev–Trinajstić information content (AvgIpc) is 2.87. The third-order valence-electron chi connectivity index (χ3n) is 5.73. The van der Waals surface area contributed by atoms with Gasteiger partial charge in [-0.15, -0.1) is 0 Å².